The van der Waals surface area contributed by atoms with E-state index in [0.29, 0.717) is 11.3 Å². The Morgan fingerprint density at radius 3 is 2.61 bits per heavy atom. The van der Waals surface area contributed by atoms with E-state index >= 15 is 0 Å². The van der Waals surface area contributed by atoms with Crippen molar-refractivity contribution in [1.82, 2.24) is 10.3 Å². The number of pyridine rings is 1. The second-order valence-electron chi connectivity index (χ2n) is 12.0. The van der Waals surface area contributed by atoms with Gasteiger partial charge in [0.05, 0.1) is 16.8 Å². The van der Waals surface area contributed by atoms with Crippen molar-refractivity contribution in [3.8, 4) is 22.8 Å². The maximum absolute atomic E-state index is 14.6. The number of benzene rings is 2. The summed E-state index contributed by atoms with van der Waals surface area (Å²) in [7, 11) is 0. The first-order chi connectivity index (χ1) is 21.9. The highest BCUT2D eigenvalue weighted by Crippen LogP contribution is 2.49. The van der Waals surface area contributed by atoms with Crippen LogP contribution in [0.15, 0.2) is 35.3 Å². The van der Waals surface area contributed by atoms with Gasteiger partial charge in [0.15, 0.2) is 11.6 Å². The number of nitrogens with one attached hydrogen (secondary N) is 1. The molecule has 0 saturated heterocycles. The maximum Gasteiger partial charge on any atom is 0.387 e. The van der Waals surface area contributed by atoms with Gasteiger partial charge in [-0.25, -0.2) is 13.8 Å². The van der Waals surface area contributed by atoms with E-state index in [1.807, 2.05) is 0 Å². The molecule has 2 aromatic carbocycles. The Morgan fingerprint density at radius 2 is 1.96 bits per heavy atom. The van der Waals surface area contributed by atoms with Crippen molar-refractivity contribution in [2.45, 2.75) is 56.6 Å². The predicted octanol–water partition coefficient (Wildman–Crippen LogP) is 5.50. The van der Waals surface area contributed by atoms with E-state index in [4.69, 9.17) is 32.8 Å². The fraction of sp³-hybridized carbons (Fsp3) is 0.375. The number of amides is 2. The Kier molecular flexibility index (Phi) is 8.30. The first-order valence-electron chi connectivity index (χ1n) is 14.7. The van der Waals surface area contributed by atoms with Crippen molar-refractivity contribution in [3.63, 3.8) is 0 Å². The molecule has 242 valence electrons. The number of hydrogen-bond acceptors (Lipinski definition) is 7. The van der Waals surface area contributed by atoms with Gasteiger partial charge in [0, 0.05) is 46.6 Å². The molecule has 2 aliphatic carbocycles. The highest BCUT2D eigenvalue weighted by Gasteiger charge is 2.45. The molecule has 0 radical (unpaired) electrons. The van der Waals surface area contributed by atoms with Gasteiger partial charge in [-0.2, -0.15) is 8.78 Å². The summed E-state index contributed by atoms with van der Waals surface area (Å²) in [5, 5.41) is 2.35. The lowest BCUT2D eigenvalue weighted by atomic mass is 9.82. The molecule has 0 spiro atoms. The minimum Gasteiger partial charge on any atom is -0.489 e. The van der Waals surface area contributed by atoms with Gasteiger partial charge in [-0.1, -0.05) is 11.6 Å². The summed E-state index contributed by atoms with van der Waals surface area (Å²) in [5.74, 6) is -4.13. The second kappa shape index (κ2) is 12.1. The largest absolute Gasteiger partial charge is 0.489 e. The number of rotatable bonds is 11. The molecule has 2 amide bonds. The number of nitrogens with zero attached hydrogens (tertiary/aromatic N) is 2. The molecule has 1 aromatic heterocycles. The third-order valence-corrected chi connectivity index (χ3v) is 8.97. The molecule has 0 unspecified atom stereocenters. The first-order valence-corrected chi connectivity index (χ1v) is 15.1. The molecule has 1 aliphatic heterocycles. The van der Waals surface area contributed by atoms with Crippen LogP contribution in [-0.4, -0.2) is 48.8 Å². The van der Waals surface area contributed by atoms with Gasteiger partial charge < -0.3 is 26.3 Å². The molecule has 14 heteroatoms. The van der Waals surface area contributed by atoms with Crippen LogP contribution >= 0.6 is 11.6 Å². The molecule has 5 N–H and O–H groups in total. The summed E-state index contributed by atoms with van der Waals surface area (Å²) in [6.07, 6.45) is 4.91. The lowest BCUT2D eigenvalue weighted by molar-refractivity contribution is -0.123. The molecule has 2 saturated carbocycles. The van der Waals surface area contributed by atoms with Gasteiger partial charge in [0.25, 0.3) is 5.91 Å². The summed E-state index contributed by atoms with van der Waals surface area (Å²) in [6.45, 7) is -1.59. The second-order valence-corrected chi connectivity index (χ2v) is 12.4. The third kappa shape index (κ3) is 6.07. The van der Waals surface area contributed by atoms with Gasteiger partial charge in [-0.3, -0.25) is 14.6 Å². The monoisotopic (exact) mass is 659 g/mol. The number of alkyl halides is 2. The van der Waals surface area contributed by atoms with Gasteiger partial charge >= 0.3 is 6.61 Å². The Labute approximate surface area is 266 Å². The number of hydrogen-bond donors (Lipinski definition) is 3. The zero-order chi connectivity index (χ0) is 32.9. The molecular formula is C32H30ClF4N5O4. The highest BCUT2D eigenvalue weighted by atomic mass is 35.5. The van der Waals surface area contributed by atoms with Crippen molar-refractivity contribution in [3.05, 3.63) is 69.4 Å². The Morgan fingerprint density at radius 1 is 1.22 bits per heavy atom. The zero-order valence-electron chi connectivity index (χ0n) is 24.6. The van der Waals surface area contributed by atoms with Gasteiger partial charge in [-0.15, -0.1) is 0 Å². The number of ether oxygens (including phenoxy) is 2. The number of carbonyl (C=O) groups is 2. The molecule has 3 aliphatic rings. The van der Waals surface area contributed by atoms with E-state index in [1.54, 1.807) is 13.0 Å². The Balaban J connectivity index is 1.35. The average molecular weight is 660 g/mol. The van der Waals surface area contributed by atoms with Crippen LogP contribution in [0.3, 0.4) is 0 Å². The normalized spacial score (nSPS) is 19.6. The molecule has 6 rings (SSSR count). The van der Waals surface area contributed by atoms with Crippen molar-refractivity contribution in [1.29, 1.82) is 0 Å². The Hall–Kier alpha value is -4.39. The number of halogens is 5. The molecule has 46 heavy (non-hydrogen) atoms. The van der Waals surface area contributed by atoms with E-state index in [9.17, 15) is 27.2 Å². The van der Waals surface area contributed by atoms with Gasteiger partial charge in [-0.05, 0) is 68.9 Å². The SMILES string of the molecule is C[C@]1(C(N)=O)COc2c1cc([C@@H](CNC(=O)c1cc(C=NC3CC3)c(N)c(OC(F)F)c1)C1CC1)nc2-c1ccc(F)c(F)c1Cl. The number of carbonyl (C=O) groups excluding carboxylic acids is 2. The van der Waals surface area contributed by atoms with Crippen LogP contribution < -0.4 is 26.3 Å². The number of aliphatic imine (C=N–C) groups is 1. The molecular weight excluding hydrogens is 630 g/mol. The summed E-state index contributed by atoms with van der Waals surface area (Å²) in [6, 6.07) is 6.60. The van der Waals surface area contributed by atoms with Crippen molar-refractivity contribution in [2.75, 3.05) is 18.9 Å². The van der Waals surface area contributed by atoms with Gasteiger partial charge in [0.1, 0.15) is 29.2 Å². The quantitative estimate of drug-likeness (QED) is 0.107. The average Bonchev–Trinajstić information content (AvgIpc) is 3.95. The van der Waals surface area contributed by atoms with Crippen molar-refractivity contribution in [2.24, 2.45) is 16.6 Å². The van der Waals surface area contributed by atoms with Crippen LogP contribution in [0.25, 0.3) is 11.3 Å². The van der Waals surface area contributed by atoms with E-state index in [0.717, 1.165) is 37.8 Å². The van der Waals surface area contributed by atoms with E-state index in [-0.39, 0.29) is 64.7 Å². The van der Waals surface area contributed by atoms with Crippen LogP contribution in [0.2, 0.25) is 5.02 Å². The number of fused-ring (bicyclic) bond motifs is 1. The van der Waals surface area contributed by atoms with Crippen LogP contribution in [0, 0.1) is 17.6 Å². The van der Waals surface area contributed by atoms with Crippen LogP contribution in [-0.2, 0) is 10.2 Å². The fourth-order valence-corrected chi connectivity index (χ4v) is 5.74. The predicted molar refractivity (Wildman–Crippen MR) is 163 cm³/mol. The molecule has 3 aromatic rings. The Bertz CT molecular complexity index is 1760. The molecule has 2 fully saturated rings. The van der Waals surface area contributed by atoms with Crippen LogP contribution in [0.5, 0.6) is 11.5 Å². The number of anilines is 1. The number of nitrogen functional groups attached to an aromatic ring is 1. The number of nitrogens with two attached hydrogens (primary N) is 2. The highest BCUT2D eigenvalue weighted by molar-refractivity contribution is 6.33. The van der Waals surface area contributed by atoms with Crippen LogP contribution in [0.4, 0.5) is 23.2 Å². The standard InChI is InChI=1S/C32H30ClF4N5O4/c1-32(30(39)44)13-45-28-20(32)10-22(42-27(28)18-6-7-21(34)25(35)24(18)33)19(14-2-3-14)12-41-29(43)15-8-16(11-40-17-4-5-17)26(38)23(9-15)46-31(36)37/h6-11,14,17,19,31H,2-5,12-13,38H2,1H3,(H2,39,44)(H,41,43)/t19-,32-/m0/s1. The van der Waals surface area contributed by atoms with E-state index in [2.05, 4.69) is 15.0 Å². The van der Waals surface area contributed by atoms with Crippen molar-refractivity contribution < 1.29 is 36.6 Å². The lowest BCUT2D eigenvalue weighted by Crippen LogP contribution is -2.40. The summed E-state index contributed by atoms with van der Waals surface area (Å²) in [4.78, 5) is 35.1. The van der Waals surface area contributed by atoms with Crippen LogP contribution in [0.1, 0.15) is 65.7 Å². The minimum atomic E-state index is -3.16. The summed E-state index contributed by atoms with van der Waals surface area (Å²) < 4.78 is 65.2. The zero-order valence-corrected chi connectivity index (χ0v) is 25.3. The smallest absolute Gasteiger partial charge is 0.387 e. The molecule has 2 atom stereocenters. The molecule has 2 heterocycles. The lowest BCUT2D eigenvalue weighted by Gasteiger charge is -2.22. The summed E-state index contributed by atoms with van der Waals surface area (Å²) >= 11 is 6.22. The van der Waals surface area contributed by atoms with E-state index < -0.39 is 46.4 Å². The van der Waals surface area contributed by atoms with Crippen molar-refractivity contribution >= 4 is 35.3 Å². The number of aromatic nitrogens is 1. The van der Waals surface area contributed by atoms with E-state index in [1.165, 1.54) is 18.3 Å². The topological polar surface area (TPSA) is 142 Å². The minimum absolute atomic E-state index is 0.0301. The first kappa shape index (κ1) is 31.6. The third-order valence-electron chi connectivity index (χ3n) is 8.60. The molecule has 0 bridgehead atoms. The maximum atomic E-state index is 14.6. The molecule has 9 nitrogen and oxygen atoms in total. The fourth-order valence-electron chi connectivity index (χ4n) is 5.49. The number of primary amides is 1. The van der Waals surface area contributed by atoms with Gasteiger partial charge in [0.2, 0.25) is 5.91 Å². The summed E-state index contributed by atoms with van der Waals surface area (Å²) in [5.41, 5.74) is 11.8.